The van der Waals surface area contributed by atoms with E-state index in [0.717, 1.165) is 42.7 Å². The summed E-state index contributed by atoms with van der Waals surface area (Å²) in [4.78, 5) is 0. The smallest absolute Gasteiger partial charge is 0.457 e. The van der Waals surface area contributed by atoms with Gasteiger partial charge in [-0.1, -0.05) is 18.2 Å². The average Bonchev–Trinajstić information content (AvgIpc) is 2.99. The predicted molar refractivity (Wildman–Crippen MR) is 69.0 cm³/mol. The summed E-state index contributed by atoms with van der Waals surface area (Å²) in [6.07, 6.45) is -3.40. The molecule has 0 spiro atoms. The van der Waals surface area contributed by atoms with Gasteiger partial charge in [0.05, 0.1) is 12.5 Å². The Balaban J connectivity index is 2.49. The molecule has 23 heavy (non-hydrogen) atoms. The molecule has 0 saturated carbocycles. The molecule has 1 aromatic carbocycles. The first-order chi connectivity index (χ1) is 10.6. The Morgan fingerprint density at radius 1 is 0.957 bits per heavy atom. The van der Waals surface area contributed by atoms with E-state index in [1.807, 2.05) is 0 Å². The summed E-state index contributed by atoms with van der Waals surface area (Å²) in [7, 11) is 0. The van der Waals surface area contributed by atoms with E-state index < -0.39 is 29.1 Å². The zero-order valence-corrected chi connectivity index (χ0v) is 11.3. The summed E-state index contributed by atoms with van der Waals surface area (Å²) in [6, 6.07) is 5.12. The Morgan fingerprint density at radius 3 is 2.04 bits per heavy atom. The lowest BCUT2D eigenvalue weighted by atomic mass is 9.87. The van der Waals surface area contributed by atoms with Crippen molar-refractivity contribution in [2.75, 3.05) is 0 Å². The minimum Gasteiger partial charge on any atom is -0.472 e. The van der Waals surface area contributed by atoms with E-state index in [0.29, 0.717) is 12.3 Å². The Bertz CT molecular complexity index is 673. The number of halogens is 6. The second kappa shape index (κ2) is 5.77. The molecule has 0 bridgehead atoms. The number of rotatable bonds is 4. The van der Waals surface area contributed by atoms with E-state index in [9.17, 15) is 31.4 Å². The SMILES string of the molecule is OC(/C=C/c1ccc(F)cc1)(c1ccoc1)C(F)(F)C(F)(F)F. The Morgan fingerprint density at radius 2 is 1.57 bits per heavy atom. The molecule has 1 N–H and O–H groups in total. The van der Waals surface area contributed by atoms with Crippen LogP contribution in [0.1, 0.15) is 11.1 Å². The van der Waals surface area contributed by atoms with Crippen molar-refractivity contribution in [3.63, 3.8) is 0 Å². The van der Waals surface area contributed by atoms with Gasteiger partial charge in [0.1, 0.15) is 5.82 Å². The van der Waals surface area contributed by atoms with Crippen LogP contribution in [0.2, 0.25) is 0 Å². The van der Waals surface area contributed by atoms with Crippen molar-refractivity contribution in [1.82, 2.24) is 0 Å². The van der Waals surface area contributed by atoms with Gasteiger partial charge in [0.2, 0.25) is 0 Å². The van der Waals surface area contributed by atoms with E-state index in [2.05, 4.69) is 4.42 Å². The fourth-order valence-corrected chi connectivity index (χ4v) is 1.87. The van der Waals surface area contributed by atoms with Crippen molar-refractivity contribution in [2.45, 2.75) is 17.7 Å². The number of aliphatic hydroxyl groups is 1. The van der Waals surface area contributed by atoms with Crippen LogP contribution in [0, 0.1) is 5.82 Å². The Labute approximate surface area is 126 Å². The summed E-state index contributed by atoms with van der Waals surface area (Å²) in [5.41, 5.74) is -4.31. The van der Waals surface area contributed by atoms with Gasteiger partial charge in [-0.3, -0.25) is 0 Å². The summed E-state index contributed by atoms with van der Waals surface area (Å²) in [6.45, 7) is 0. The highest BCUT2D eigenvalue weighted by Gasteiger charge is 2.70. The van der Waals surface area contributed by atoms with Crippen molar-refractivity contribution < 1.29 is 35.9 Å². The van der Waals surface area contributed by atoms with E-state index in [-0.39, 0.29) is 5.56 Å². The maximum absolute atomic E-state index is 13.8. The van der Waals surface area contributed by atoms with Crippen molar-refractivity contribution in [2.24, 2.45) is 0 Å². The molecule has 8 heteroatoms. The molecule has 0 aliphatic heterocycles. The number of alkyl halides is 5. The average molecular weight is 336 g/mol. The molecule has 0 fully saturated rings. The van der Waals surface area contributed by atoms with Crippen LogP contribution in [0.25, 0.3) is 6.08 Å². The van der Waals surface area contributed by atoms with Crippen LogP contribution < -0.4 is 0 Å². The third kappa shape index (κ3) is 3.12. The van der Waals surface area contributed by atoms with Crippen LogP contribution in [0.4, 0.5) is 26.3 Å². The standard InChI is InChI=1S/C15H10F6O2/c16-12-3-1-10(2-4-12)5-7-13(22,11-6-8-23-9-11)14(17,18)15(19,20)21/h1-9,22H/b7-5+. The predicted octanol–water partition coefficient (Wildman–Crippen LogP) is 4.52. The Kier molecular flexibility index (Phi) is 4.30. The number of hydrogen-bond acceptors (Lipinski definition) is 2. The molecule has 1 atom stereocenters. The van der Waals surface area contributed by atoms with E-state index in [1.165, 1.54) is 0 Å². The molecule has 1 unspecified atom stereocenters. The fourth-order valence-electron chi connectivity index (χ4n) is 1.87. The van der Waals surface area contributed by atoms with Crippen molar-refractivity contribution in [3.05, 3.63) is 65.9 Å². The highest BCUT2D eigenvalue weighted by molar-refractivity contribution is 5.52. The fraction of sp³-hybridized carbons (Fsp3) is 0.200. The van der Waals surface area contributed by atoms with Gasteiger partial charge in [0.15, 0.2) is 5.60 Å². The monoisotopic (exact) mass is 336 g/mol. The van der Waals surface area contributed by atoms with Gasteiger partial charge in [-0.25, -0.2) is 4.39 Å². The van der Waals surface area contributed by atoms with E-state index in [1.54, 1.807) is 0 Å². The van der Waals surface area contributed by atoms with Gasteiger partial charge in [-0.15, -0.1) is 0 Å². The lowest BCUT2D eigenvalue weighted by Gasteiger charge is -2.33. The number of furan rings is 1. The van der Waals surface area contributed by atoms with Gasteiger partial charge < -0.3 is 9.52 Å². The molecule has 1 heterocycles. The summed E-state index contributed by atoms with van der Waals surface area (Å²) in [5, 5.41) is 10.1. The van der Waals surface area contributed by atoms with E-state index in [4.69, 9.17) is 0 Å². The van der Waals surface area contributed by atoms with Gasteiger partial charge in [0, 0.05) is 5.56 Å². The van der Waals surface area contributed by atoms with Crippen LogP contribution in [0.5, 0.6) is 0 Å². The molecule has 0 aliphatic rings. The minimum absolute atomic E-state index is 0.131. The van der Waals surface area contributed by atoms with Gasteiger partial charge in [-0.2, -0.15) is 22.0 Å². The van der Waals surface area contributed by atoms with Crippen LogP contribution in [0.3, 0.4) is 0 Å². The van der Waals surface area contributed by atoms with Crippen LogP contribution >= 0.6 is 0 Å². The second-order valence-corrected chi connectivity index (χ2v) is 4.74. The first-order valence-electron chi connectivity index (χ1n) is 6.22. The largest absolute Gasteiger partial charge is 0.472 e. The molecule has 2 rings (SSSR count). The van der Waals surface area contributed by atoms with Gasteiger partial charge >= 0.3 is 12.1 Å². The first kappa shape index (κ1) is 17.1. The van der Waals surface area contributed by atoms with Crippen molar-refractivity contribution >= 4 is 6.08 Å². The Hall–Kier alpha value is -2.22. The normalized spacial score (nSPS) is 15.8. The molecule has 124 valence electrons. The molecule has 1 aromatic heterocycles. The highest BCUT2D eigenvalue weighted by Crippen LogP contribution is 2.49. The quantitative estimate of drug-likeness (QED) is 0.833. The van der Waals surface area contributed by atoms with Gasteiger partial charge in [-0.05, 0) is 29.8 Å². The zero-order chi connectivity index (χ0) is 17.3. The van der Waals surface area contributed by atoms with Crippen LogP contribution in [-0.4, -0.2) is 17.2 Å². The minimum atomic E-state index is -5.99. The molecule has 0 saturated heterocycles. The topological polar surface area (TPSA) is 33.4 Å². The molecular weight excluding hydrogens is 326 g/mol. The second-order valence-electron chi connectivity index (χ2n) is 4.74. The molecule has 2 nitrogen and oxygen atoms in total. The third-order valence-corrected chi connectivity index (χ3v) is 3.18. The number of benzene rings is 1. The van der Waals surface area contributed by atoms with Crippen molar-refractivity contribution in [1.29, 1.82) is 0 Å². The zero-order valence-electron chi connectivity index (χ0n) is 11.3. The van der Waals surface area contributed by atoms with Crippen molar-refractivity contribution in [3.8, 4) is 0 Å². The molecule has 2 aromatic rings. The molecule has 0 amide bonds. The highest BCUT2D eigenvalue weighted by atomic mass is 19.4. The summed E-state index contributed by atoms with van der Waals surface area (Å²) in [5.74, 6) is -6.08. The van der Waals surface area contributed by atoms with E-state index >= 15 is 0 Å². The maximum atomic E-state index is 13.8. The third-order valence-electron chi connectivity index (χ3n) is 3.18. The number of hydrogen-bond donors (Lipinski definition) is 1. The lowest BCUT2D eigenvalue weighted by Crippen LogP contribution is -2.53. The molecule has 0 radical (unpaired) electrons. The summed E-state index contributed by atoms with van der Waals surface area (Å²) < 4.78 is 82.9. The van der Waals surface area contributed by atoms with Gasteiger partial charge in [0.25, 0.3) is 0 Å². The molecular formula is C15H10F6O2. The maximum Gasteiger partial charge on any atom is 0.457 e. The first-order valence-corrected chi connectivity index (χ1v) is 6.22. The van der Waals surface area contributed by atoms with Crippen LogP contribution in [0.15, 0.2) is 53.4 Å². The molecule has 0 aliphatic carbocycles. The summed E-state index contributed by atoms with van der Waals surface area (Å²) >= 11 is 0. The van der Waals surface area contributed by atoms with Crippen LogP contribution in [-0.2, 0) is 5.60 Å². The lowest BCUT2D eigenvalue weighted by molar-refractivity contribution is -0.334.